The zero-order valence-electron chi connectivity index (χ0n) is 19.0. The van der Waals surface area contributed by atoms with E-state index in [1.807, 2.05) is 59.5 Å². The first-order valence-corrected chi connectivity index (χ1v) is 11.7. The lowest BCUT2D eigenvalue weighted by atomic mass is 9.76. The topological polar surface area (TPSA) is 70.0 Å². The van der Waals surface area contributed by atoms with Gasteiger partial charge in [-0.3, -0.25) is 19.5 Å². The minimum absolute atomic E-state index is 0.143. The summed E-state index contributed by atoms with van der Waals surface area (Å²) < 4.78 is 0. The minimum Gasteiger partial charge on any atom is -0.480 e. The van der Waals surface area contributed by atoms with E-state index in [1.54, 1.807) is 6.92 Å². The van der Waals surface area contributed by atoms with Crippen LogP contribution in [0.3, 0.4) is 0 Å². The van der Waals surface area contributed by atoms with Crippen LogP contribution in [-0.4, -0.2) is 33.3 Å². The van der Waals surface area contributed by atoms with Crippen molar-refractivity contribution in [2.45, 2.75) is 76.3 Å². The van der Waals surface area contributed by atoms with Crippen LogP contribution >= 0.6 is 0 Å². The Balaban J connectivity index is 1.58. The highest BCUT2D eigenvalue weighted by atomic mass is 16.4. The average Bonchev–Trinajstić information content (AvgIpc) is 3.39. The first-order valence-electron chi connectivity index (χ1n) is 11.7. The molecule has 5 nitrogen and oxygen atoms in total. The quantitative estimate of drug-likeness (QED) is 0.614. The van der Waals surface area contributed by atoms with Gasteiger partial charge >= 0.3 is 5.97 Å². The normalized spacial score (nSPS) is 19.2. The number of hydrogen-bond acceptors (Lipinski definition) is 3. The number of unbranched alkanes of at least 4 members (excludes halogenated alkanes) is 1. The monoisotopic (exact) mass is 432 g/mol. The highest BCUT2D eigenvalue weighted by Crippen LogP contribution is 2.40. The third-order valence-corrected chi connectivity index (χ3v) is 7.13. The summed E-state index contributed by atoms with van der Waals surface area (Å²) >= 11 is 0. The molecule has 0 radical (unpaired) electrons. The molecule has 1 amide bonds. The molecule has 1 aliphatic heterocycles. The molecule has 1 atom stereocenters. The Morgan fingerprint density at radius 3 is 2.28 bits per heavy atom. The molecule has 1 aliphatic carbocycles. The minimum atomic E-state index is -1.13. The molecule has 1 unspecified atom stereocenters. The van der Waals surface area contributed by atoms with E-state index in [2.05, 4.69) is 6.92 Å². The largest absolute Gasteiger partial charge is 0.480 e. The van der Waals surface area contributed by atoms with Crippen molar-refractivity contribution in [3.05, 3.63) is 71.3 Å². The number of benzene rings is 2. The molecule has 0 bridgehead atoms. The van der Waals surface area contributed by atoms with E-state index in [0.29, 0.717) is 6.54 Å². The van der Waals surface area contributed by atoms with E-state index >= 15 is 0 Å². The van der Waals surface area contributed by atoms with Crippen molar-refractivity contribution < 1.29 is 14.7 Å². The molecule has 0 aromatic heterocycles. The van der Waals surface area contributed by atoms with Crippen molar-refractivity contribution in [1.82, 2.24) is 4.90 Å². The average molecular weight is 433 g/mol. The van der Waals surface area contributed by atoms with Gasteiger partial charge in [0.05, 0.1) is 6.54 Å². The number of amidine groups is 1. The van der Waals surface area contributed by atoms with Gasteiger partial charge in [0.25, 0.3) is 5.91 Å². The molecule has 2 aromatic rings. The molecule has 2 aliphatic rings. The Labute approximate surface area is 190 Å². The van der Waals surface area contributed by atoms with Crippen molar-refractivity contribution in [1.29, 1.82) is 0 Å². The molecule has 1 heterocycles. The van der Waals surface area contributed by atoms with Crippen LogP contribution in [0, 0.1) is 0 Å². The Kier molecular flexibility index (Phi) is 6.18. The van der Waals surface area contributed by atoms with Gasteiger partial charge in [0.15, 0.2) is 0 Å². The first kappa shape index (κ1) is 22.3. The predicted molar refractivity (Wildman–Crippen MR) is 126 cm³/mol. The van der Waals surface area contributed by atoms with Gasteiger partial charge in [-0.05, 0) is 42.9 Å². The van der Waals surface area contributed by atoms with Crippen molar-refractivity contribution in [3.63, 3.8) is 0 Å². The second kappa shape index (κ2) is 8.89. The van der Waals surface area contributed by atoms with Gasteiger partial charge in [-0.15, -0.1) is 0 Å². The lowest BCUT2D eigenvalue weighted by Crippen LogP contribution is -2.40. The van der Waals surface area contributed by atoms with Crippen molar-refractivity contribution in [2.24, 2.45) is 4.99 Å². The number of carboxylic acid groups (broad SMARTS) is 1. The van der Waals surface area contributed by atoms with Gasteiger partial charge in [0.1, 0.15) is 16.8 Å². The lowest BCUT2D eigenvalue weighted by Gasteiger charge is -2.27. The van der Waals surface area contributed by atoms with Gasteiger partial charge in [0.2, 0.25) is 0 Å². The van der Waals surface area contributed by atoms with E-state index in [-0.39, 0.29) is 5.91 Å². The van der Waals surface area contributed by atoms with Crippen molar-refractivity contribution >= 4 is 17.7 Å². The number of nitrogens with zero attached hydrogens (tertiary/aromatic N) is 2. The molecule has 4 rings (SSSR count). The fraction of sp³-hybridized carbons (Fsp3) is 0.444. The Morgan fingerprint density at radius 1 is 1.06 bits per heavy atom. The van der Waals surface area contributed by atoms with Crippen molar-refractivity contribution in [2.75, 3.05) is 0 Å². The molecule has 32 heavy (non-hydrogen) atoms. The third-order valence-electron chi connectivity index (χ3n) is 7.13. The van der Waals surface area contributed by atoms with Crippen LogP contribution < -0.4 is 0 Å². The van der Waals surface area contributed by atoms with Gasteiger partial charge in [-0.25, -0.2) is 0 Å². The molecular formula is C27H32N2O3. The van der Waals surface area contributed by atoms with Gasteiger partial charge in [-0.2, -0.15) is 0 Å². The maximum atomic E-state index is 13.3. The Bertz CT molecular complexity index is 1010. The lowest BCUT2D eigenvalue weighted by molar-refractivity contribution is -0.141. The summed E-state index contributed by atoms with van der Waals surface area (Å²) in [5.41, 5.74) is 0.789. The summed E-state index contributed by atoms with van der Waals surface area (Å²) in [6, 6.07) is 17.0. The predicted octanol–water partition coefficient (Wildman–Crippen LogP) is 5.32. The highest BCUT2D eigenvalue weighted by molar-refractivity contribution is 6.08. The van der Waals surface area contributed by atoms with Gasteiger partial charge < -0.3 is 5.11 Å². The molecule has 0 saturated heterocycles. The fourth-order valence-electron chi connectivity index (χ4n) is 5.01. The maximum absolute atomic E-state index is 13.3. The summed E-state index contributed by atoms with van der Waals surface area (Å²) in [4.78, 5) is 32.4. The number of rotatable bonds is 8. The summed E-state index contributed by atoms with van der Waals surface area (Å²) in [6.45, 7) is 4.37. The van der Waals surface area contributed by atoms with Gasteiger partial charge in [-0.1, -0.05) is 80.8 Å². The summed E-state index contributed by atoms with van der Waals surface area (Å²) in [7, 11) is 0. The third kappa shape index (κ3) is 3.85. The Hall–Kier alpha value is -2.95. The molecule has 168 valence electrons. The Morgan fingerprint density at radius 2 is 1.69 bits per heavy atom. The van der Waals surface area contributed by atoms with Crippen LogP contribution in [0.2, 0.25) is 0 Å². The smallest absolute Gasteiger partial charge is 0.318 e. The molecule has 2 aromatic carbocycles. The second-order valence-electron chi connectivity index (χ2n) is 9.25. The molecule has 1 N–H and O–H groups in total. The molecule has 1 fully saturated rings. The number of carbonyl (C=O) groups excluding carboxylic acids is 1. The molecule has 1 saturated carbocycles. The van der Waals surface area contributed by atoms with Gasteiger partial charge in [0, 0.05) is 6.42 Å². The van der Waals surface area contributed by atoms with Crippen LogP contribution in [-0.2, 0) is 21.5 Å². The first-order chi connectivity index (χ1) is 15.4. The zero-order chi connectivity index (χ0) is 22.8. The highest BCUT2D eigenvalue weighted by Gasteiger charge is 2.49. The fourth-order valence-corrected chi connectivity index (χ4v) is 5.01. The summed E-state index contributed by atoms with van der Waals surface area (Å²) in [5.74, 6) is 0.177. The maximum Gasteiger partial charge on any atom is 0.318 e. The van der Waals surface area contributed by atoms with Crippen molar-refractivity contribution in [3.8, 4) is 0 Å². The molecule has 5 heteroatoms. The number of aliphatic imine (C=N–C) groups is 1. The number of carboxylic acids is 1. The number of aliphatic carboxylic acids is 1. The SMILES string of the molecule is CCCCC1=NC2(CCCC2)C(=O)N1Cc1ccc(C(C)(C(=O)O)c2ccccc2)cc1. The van der Waals surface area contributed by atoms with E-state index in [1.165, 1.54) is 0 Å². The van der Waals surface area contributed by atoms with Crippen LogP contribution in [0.15, 0.2) is 59.6 Å². The van der Waals surface area contributed by atoms with E-state index < -0.39 is 16.9 Å². The van der Waals surface area contributed by atoms with E-state index in [0.717, 1.165) is 67.5 Å². The number of hydrogen-bond donors (Lipinski definition) is 1. The van der Waals surface area contributed by atoms with Crippen LogP contribution in [0.1, 0.15) is 75.5 Å². The summed E-state index contributed by atoms with van der Waals surface area (Å²) in [5, 5.41) is 10.0. The standard InChI is InChI=1S/C27H32N2O3/c1-3-4-12-23-28-27(17-8-9-18-27)24(30)29(23)19-20-13-15-22(16-14-20)26(2,25(31)32)21-10-6-5-7-11-21/h5-7,10-11,13-16H,3-4,8-9,12,17-19H2,1-2H3,(H,31,32). The van der Waals surface area contributed by atoms with Crippen LogP contribution in [0.4, 0.5) is 0 Å². The summed E-state index contributed by atoms with van der Waals surface area (Å²) in [6.07, 6.45) is 6.74. The zero-order valence-corrected chi connectivity index (χ0v) is 19.0. The molecular weight excluding hydrogens is 400 g/mol. The van der Waals surface area contributed by atoms with E-state index in [9.17, 15) is 14.7 Å². The van der Waals surface area contributed by atoms with E-state index in [4.69, 9.17) is 4.99 Å². The van der Waals surface area contributed by atoms with Crippen LogP contribution in [0.5, 0.6) is 0 Å². The number of carbonyl (C=O) groups is 2. The van der Waals surface area contributed by atoms with Crippen LogP contribution in [0.25, 0.3) is 0 Å². The number of amides is 1. The second-order valence-corrected chi connectivity index (χ2v) is 9.25. The molecule has 1 spiro atoms.